The zero-order chi connectivity index (χ0) is 49.5. The number of amides is 1. The van der Waals surface area contributed by atoms with Crippen LogP contribution in [0, 0.1) is 0 Å². The van der Waals surface area contributed by atoms with Gasteiger partial charge in [-0.15, -0.1) is 0 Å². The Balaban J connectivity index is 4.69. The van der Waals surface area contributed by atoms with Crippen LogP contribution in [-0.2, 0) is 14.3 Å². The molecule has 0 saturated heterocycles. The summed E-state index contributed by atoms with van der Waals surface area (Å²) < 4.78 is 5.83. The monoisotopic (exact) mass is 946 g/mol. The molecule has 0 saturated carbocycles. The van der Waals surface area contributed by atoms with Crippen LogP contribution in [0.4, 0.5) is 0 Å². The Kier molecular flexibility index (Phi) is 52.1. The van der Waals surface area contributed by atoms with Crippen molar-refractivity contribution in [3.63, 3.8) is 0 Å². The molecule has 390 valence electrons. The number of nitrogens with one attached hydrogen (secondary N) is 1. The molecule has 0 aliphatic rings. The van der Waals surface area contributed by atoms with Crippen molar-refractivity contribution in [1.82, 2.24) is 5.32 Å². The smallest absolute Gasteiger partial charge is 0.306 e. The second kappa shape index (κ2) is 54.7. The molecular weight excluding hydrogens is 839 g/mol. The molecule has 1 amide bonds. The molecule has 3 N–H and O–H groups in total. The zero-order valence-electron chi connectivity index (χ0n) is 44.5. The summed E-state index contributed by atoms with van der Waals surface area (Å²) in [5, 5.41) is 23.8. The van der Waals surface area contributed by atoms with Crippen LogP contribution in [0.15, 0.2) is 97.2 Å². The van der Waals surface area contributed by atoms with Gasteiger partial charge in [0, 0.05) is 6.42 Å². The predicted octanol–water partition coefficient (Wildman–Crippen LogP) is 17.7. The van der Waals surface area contributed by atoms with E-state index in [0.29, 0.717) is 19.3 Å². The number of hydrogen-bond donors (Lipinski definition) is 3. The van der Waals surface area contributed by atoms with Crippen molar-refractivity contribution in [1.29, 1.82) is 0 Å². The summed E-state index contributed by atoms with van der Waals surface area (Å²) in [6.45, 7) is 6.33. The summed E-state index contributed by atoms with van der Waals surface area (Å²) >= 11 is 0. The first-order chi connectivity index (χ1) is 33.5. The van der Waals surface area contributed by atoms with Gasteiger partial charge < -0.3 is 20.3 Å². The van der Waals surface area contributed by atoms with Crippen molar-refractivity contribution in [2.75, 3.05) is 6.61 Å². The Labute approximate surface area is 420 Å². The maximum atomic E-state index is 13.2. The topological polar surface area (TPSA) is 95.9 Å². The highest BCUT2D eigenvalue weighted by Gasteiger charge is 2.23. The molecule has 6 nitrogen and oxygen atoms in total. The Morgan fingerprint density at radius 3 is 1.31 bits per heavy atom. The lowest BCUT2D eigenvalue weighted by molar-refractivity contribution is -0.148. The zero-order valence-corrected chi connectivity index (χ0v) is 44.5. The molecule has 0 aromatic carbocycles. The summed E-state index contributed by atoms with van der Waals surface area (Å²) in [5.74, 6) is -0.653. The van der Waals surface area contributed by atoms with Gasteiger partial charge in [-0.25, -0.2) is 0 Å². The maximum absolute atomic E-state index is 13.2. The second-order valence-electron chi connectivity index (χ2n) is 19.0. The number of carbonyl (C=O) groups is 2. The van der Waals surface area contributed by atoms with E-state index in [1.807, 2.05) is 6.08 Å². The molecule has 3 unspecified atom stereocenters. The molecule has 0 radical (unpaired) electrons. The molecule has 0 aromatic heterocycles. The largest absolute Gasteiger partial charge is 0.458 e. The van der Waals surface area contributed by atoms with Crippen LogP contribution < -0.4 is 5.32 Å². The van der Waals surface area contributed by atoms with E-state index in [1.54, 1.807) is 6.08 Å². The highest BCUT2D eigenvalue weighted by molar-refractivity contribution is 5.78. The Bertz CT molecular complexity index is 1340. The number of esters is 1. The molecule has 0 aliphatic heterocycles. The van der Waals surface area contributed by atoms with Crippen LogP contribution in [0.2, 0.25) is 0 Å². The summed E-state index contributed by atoms with van der Waals surface area (Å²) in [6.07, 6.45) is 73.6. The lowest BCUT2D eigenvalue weighted by Crippen LogP contribution is -2.46. The van der Waals surface area contributed by atoms with Crippen molar-refractivity contribution in [2.45, 2.75) is 277 Å². The van der Waals surface area contributed by atoms with Gasteiger partial charge in [0.25, 0.3) is 0 Å². The maximum Gasteiger partial charge on any atom is 0.306 e. The van der Waals surface area contributed by atoms with Crippen molar-refractivity contribution in [3.8, 4) is 0 Å². The van der Waals surface area contributed by atoms with Crippen LogP contribution in [0.1, 0.15) is 258 Å². The quantitative estimate of drug-likeness (QED) is 0.0244. The standard InChI is InChI=1S/C62H107NO5/c1-4-7-10-13-16-19-22-25-28-30-32-34-37-40-43-46-49-52-55-62(67)68-58(53-50-47-44-41-38-35-27-24-21-18-15-12-9-6-3)56-61(66)63-59(57-64)60(65)54-51-48-45-42-39-36-33-31-29-26-23-20-17-14-11-8-5-2/h9,12,18,21-22,25,27-28,30,32,34-35,41,44,50,53,58-60,64-65H,4-8,10-11,13-17,19-20,23-24,26,29,31,33,36-40,42-43,45-49,51-52,54-57H2,1-3H3,(H,63,66)/b12-9+,21-18+,25-22+,30-28+,34-32+,35-27+,44-41+,53-50+. The van der Waals surface area contributed by atoms with Gasteiger partial charge in [-0.05, 0) is 76.7 Å². The molecule has 0 rings (SSSR count). The van der Waals surface area contributed by atoms with E-state index in [9.17, 15) is 19.8 Å². The molecule has 0 aromatic rings. The van der Waals surface area contributed by atoms with Crippen LogP contribution >= 0.6 is 0 Å². The van der Waals surface area contributed by atoms with E-state index in [2.05, 4.69) is 111 Å². The molecule has 0 aliphatic carbocycles. The third-order valence-electron chi connectivity index (χ3n) is 12.5. The first-order valence-corrected chi connectivity index (χ1v) is 28.5. The minimum atomic E-state index is -0.829. The second-order valence-corrected chi connectivity index (χ2v) is 19.0. The van der Waals surface area contributed by atoms with E-state index in [4.69, 9.17) is 4.74 Å². The minimum absolute atomic E-state index is 0.0586. The minimum Gasteiger partial charge on any atom is -0.458 e. The van der Waals surface area contributed by atoms with E-state index in [1.165, 1.54) is 122 Å². The predicted molar refractivity (Wildman–Crippen MR) is 296 cm³/mol. The summed E-state index contributed by atoms with van der Waals surface area (Å²) in [6, 6.07) is -0.753. The molecular formula is C62H107NO5. The van der Waals surface area contributed by atoms with Crippen LogP contribution in [0.3, 0.4) is 0 Å². The summed E-state index contributed by atoms with van der Waals surface area (Å²) in [5.41, 5.74) is 0. The molecule has 0 spiro atoms. The number of allylic oxidation sites excluding steroid dienone is 15. The van der Waals surface area contributed by atoms with Crippen LogP contribution in [-0.4, -0.2) is 46.9 Å². The van der Waals surface area contributed by atoms with E-state index >= 15 is 0 Å². The van der Waals surface area contributed by atoms with Crippen molar-refractivity contribution >= 4 is 11.9 Å². The van der Waals surface area contributed by atoms with Crippen molar-refractivity contribution in [3.05, 3.63) is 97.2 Å². The van der Waals surface area contributed by atoms with Gasteiger partial charge in [-0.2, -0.15) is 0 Å². The summed E-state index contributed by atoms with van der Waals surface area (Å²) in [7, 11) is 0. The Morgan fingerprint density at radius 1 is 0.471 bits per heavy atom. The fourth-order valence-corrected chi connectivity index (χ4v) is 8.16. The van der Waals surface area contributed by atoms with Gasteiger partial charge >= 0.3 is 5.97 Å². The molecule has 0 heterocycles. The lowest BCUT2D eigenvalue weighted by Gasteiger charge is -2.23. The third-order valence-corrected chi connectivity index (χ3v) is 12.5. The first kappa shape index (κ1) is 64.8. The average molecular weight is 947 g/mol. The van der Waals surface area contributed by atoms with Gasteiger partial charge in [0.15, 0.2) is 0 Å². The van der Waals surface area contributed by atoms with Gasteiger partial charge in [0.2, 0.25) is 5.91 Å². The first-order valence-electron chi connectivity index (χ1n) is 28.5. The highest BCUT2D eigenvalue weighted by atomic mass is 16.5. The van der Waals surface area contributed by atoms with Gasteiger partial charge in [-0.1, -0.05) is 266 Å². The van der Waals surface area contributed by atoms with E-state index < -0.39 is 18.2 Å². The van der Waals surface area contributed by atoms with Crippen molar-refractivity contribution < 1.29 is 24.5 Å². The number of unbranched alkanes of at least 4 members (excludes halogenated alkanes) is 26. The van der Waals surface area contributed by atoms with Gasteiger partial charge in [0.1, 0.15) is 6.10 Å². The number of rotatable bonds is 50. The molecule has 0 fully saturated rings. The molecule has 68 heavy (non-hydrogen) atoms. The van der Waals surface area contributed by atoms with Gasteiger partial charge in [-0.3, -0.25) is 9.59 Å². The van der Waals surface area contributed by atoms with E-state index in [0.717, 1.165) is 89.9 Å². The average Bonchev–Trinajstić information content (AvgIpc) is 3.33. The van der Waals surface area contributed by atoms with Crippen LogP contribution in [0.25, 0.3) is 0 Å². The number of carbonyl (C=O) groups excluding carboxylic acids is 2. The number of hydrogen-bond acceptors (Lipinski definition) is 5. The van der Waals surface area contributed by atoms with E-state index in [-0.39, 0.29) is 24.9 Å². The van der Waals surface area contributed by atoms with Crippen molar-refractivity contribution in [2.24, 2.45) is 0 Å². The van der Waals surface area contributed by atoms with Crippen LogP contribution in [0.5, 0.6) is 0 Å². The Hall–Kier alpha value is -3.22. The third kappa shape index (κ3) is 49.2. The SMILES string of the molecule is CC/C=C/C/C=C/C/C=C/C/C=C/C/C=C/C(CC(=O)NC(CO)C(O)CCCCCCCCCCCCCCCCCCC)OC(=O)CCCCCCC/C=C/C=C/C=C/CCCCCCC. The lowest BCUT2D eigenvalue weighted by atomic mass is 10.0. The fraction of sp³-hybridized carbons (Fsp3) is 0.710. The molecule has 0 bridgehead atoms. The number of aliphatic hydroxyl groups excluding tert-OH is 2. The highest BCUT2D eigenvalue weighted by Crippen LogP contribution is 2.16. The Morgan fingerprint density at radius 2 is 0.868 bits per heavy atom. The fourth-order valence-electron chi connectivity index (χ4n) is 8.16. The molecule has 3 atom stereocenters. The molecule has 6 heteroatoms. The normalized spacial score (nSPS) is 13.9. The number of ether oxygens (including phenoxy) is 1. The summed E-state index contributed by atoms with van der Waals surface area (Å²) in [4.78, 5) is 26.2. The van der Waals surface area contributed by atoms with Gasteiger partial charge in [0.05, 0.1) is 25.2 Å². The number of aliphatic hydroxyl groups is 2.